The summed E-state index contributed by atoms with van der Waals surface area (Å²) >= 11 is 3.52. The smallest absolute Gasteiger partial charge is 0.191 e. The van der Waals surface area contributed by atoms with Gasteiger partial charge < -0.3 is 15.4 Å². The molecular formula is C17H26BrN3O. The highest BCUT2D eigenvalue weighted by Crippen LogP contribution is 2.34. The second-order valence-electron chi connectivity index (χ2n) is 6.12. The number of guanidine groups is 1. The predicted octanol–water partition coefficient (Wildman–Crippen LogP) is 3.07. The summed E-state index contributed by atoms with van der Waals surface area (Å²) in [6.07, 6.45) is 2.06. The van der Waals surface area contributed by atoms with Gasteiger partial charge in [0.2, 0.25) is 0 Å². The van der Waals surface area contributed by atoms with Gasteiger partial charge in [-0.3, -0.25) is 4.99 Å². The fourth-order valence-corrected chi connectivity index (χ4v) is 3.12. The van der Waals surface area contributed by atoms with E-state index in [0.29, 0.717) is 6.04 Å². The van der Waals surface area contributed by atoms with Crippen molar-refractivity contribution in [3.63, 3.8) is 0 Å². The zero-order chi connectivity index (χ0) is 16.0. The van der Waals surface area contributed by atoms with E-state index < -0.39 is 0 Å². The van der Waals surface area contributed by atoms with Crippen molar-refractivity contribution in [2.45, 2.75) is 38.1 Å². The molecule has 1 aromatic rings. The quantitative estimate of drug-likeness (QED) is 0.634. The van der Waals surface area contributed by atoms with Crippen molar-refractivity contribution < 1.29 is 4.74 Å². The molecule has 2 N–H and O–H groups in total. The van der Waals surface area contributed by atoms with Gasteiger partial charge in [-0.15, -0.1) is 0 Å². The van der Waals surface area contributed by atoms with Crippen molar-refractivity contribution in [3.8, 4) is 0 Å². The van der Waals surface area contributed by atoms with Crippen LogP contribution >= 0.6 is 15.9 Å². The van der Waals surface area contributed by atoms with Gasteiger partial charge in [-0.2, -0.15) is 0 Å². The summed E-state index contributed by atoms with van der Waals surface area (Å²) in [4.78, 5) is 4.31. The van der Waals surface area contributed by atoms with Crippen molar-refractivity contribution in [1.82, 2.24) is 10.6 Å². The number of nitrogens with zero attached hydrogens (tertiary/aromatic N) is 1. The van der Waals surface area contributed by atoms with Crippen LogP contribution in [0.5, 0.6) is 0 Å². The first-order chi connectivity index (χ1) is 10.6. The Morgan fingerprint density at radius 1 is 1.27 bits per heavy atom. The molecule has 0 unspecified atom stereocenters. The van der Waals surface area contributed by atoms with E-state index in [0.717, 1.165) is 43.0 Å². The van der Waals surface area contributed by atoms with Gasteiger partial charge in [0.1, 0.15) is 0 Å². The first-order valence-corrected chi connectivity index (χ1v) is 8.66. The Balaban J connectivity index is 2.14. The standard InChI is InChI=1S/C17H26BrN3O/c1-13(2)21-16(19-3)20-12-17(8-10-22-11-9-17)14-4-6-15(18)7-5-14/h4-7,13H,8-12H2,1-3H3,(H2,19,20,21). The first kappa shape index (κ1) is 17.3. The highest BCUT2D eigenvalue weighted by atomic mass is 79.9. The summed E-state index contributed by atoms with van der Waals surface area (Å²) in [7, 11) is 1.81. The van der Waals surface area contributed by atoms with Gasteiger partial charge in [-0.1, -0.05) is 28.1 Å². The molecule has 1 heterocycles. The number of rotatable bonds is 4. The van der Waals surface area contributed by atoms with Crippen LogP contribution in [-0.4, -0.2) is 38.8 Å². The highest BCUT2D eigenvalue weighted by molar-refractivity contribution is 9.10. The molecular weight excluding hydrogens is 342 g/mol. The molecule has 0 bridgehead atoms. The monoisotopic (exact) mass is 367 g/mol. The summed E-state index contributed by atoms with van der Waals surface area (Å²) in [5.41, 5.74) is 1.47. The molecule has 1 saturated heterocycles. The van der Waals surface area contributed by atoms with E-state index in [9.17, 15) is 0 Å². The summed E-state index contributed by atoms with van der Waals surface area (Å²) in [6.45, 7) is 6.73. The Bertz CT molecular complexity index is 493. The highest BCUT2D eigenvalue weighted by Gasteiger charge is 2.34. The van der Waals surface area contributed by atoms with E-state index >= 15 is 0 Å². The van der Waals surface area contributed by atoms with Crippen LogP contribution in [0.25, 0.3) is 0 Å². The molecule has 2 rings (SSSR count). The number of aliphatic imine (C=N–C) groups is 1. The van der Waals surface area contributed by atoms with Gasteiger partial charge in [0.25, 0.3) is 0 Å². The molecule has 1 aliphatic rings. The zero-order valence-corrected chi connectivity index (χ0v) is 15.2. The van der Waals surface area contributed by atoms with Crippen LogP contribution in [0.1, 0.15) is 32.3 Å². The lowest BCUT2D eigenvalue weighted by Gasteiger charge is -2.38. The minimum Gasteiger partial charge on any atom is -0.381 e. The molecule has 5 heteroatoms. The molecule has 1 aromatic carbocycles. The Morgan fingerprint density at radius 2 is 1.91 bits per heavy atom. The number of hydrogen-bond acceptors (Lipinski definition) is 2. The molecule has 0 atom stereocenters. The molecule has 4 nitrogen and oxygen atoms in total. The van der Waals surface area contributed by atoms with Crippen LogP contribution in [0.3, 0.4) is 0 Å². The van der Waals surface area contributed by atoms with E-state index in [1.54, 1.807) is 0 Å². The maximum atomic E-state index is 5.58. The van der Waals surface area contributed by atoms with Gasteiger partial charge in [-0.05, 0) is 44.4 Å². The maximum Gasteiger partial charge on any atom is 0.191 e. The van der Waals surface area contributed by atoms with Crippen LogP contribution < -0.4 is 10.6 Å². The topological polar surface area (TPSA) is 45.7 Å². The van der Waals surface area contributed by atoms with E-state index in [1.807, 2.05) is 7.05 Å². The second-order valence-corrected chi connectivity index (χ2v) is 7.04. The normalized spacial score (nSPS) is 18.3. The molecule has 0 aromatic heterocycles. The number of benzene rings is 1. The second kappa shape index (κ2) is 7.97. The van der Waals surface area contributed by atoms with Gasteiger partial charge in [0.15, 0.2) is 5.96 Å². The van der Waals surface area contributed by atoms with Gasteiger partial charge >= 0.3 is 0 Å². The first-order valence-electron chi connectivity index (χ1n) is 7.87. The number of nitrogens with one attached hydrogen (secondary N) is 2. The Kier molecular flexibility index (Phi) is 6.26. The van der Waals surface area contributed by atoms with E-state index in [2.05, 4.69) is 69.7 Å². The summed E-state index contributed by atoms with van der Waals surface area (Å²) in [6, 6.07) is 9.04. The lowest BCUT2D eigenvalue weighted by Crippen LogP contribution is -2.49. The van der Waals surface area contributed by atoms with Crippen molar-refractivity contribution in [2.24, 2.45) is 4.99 Å². The van der Waals surface area contributed by atoms with Crippen LogP contribution in [0.4, 0.5) is 0 Å². The van der Waals surface area contributed by atoms with Crippen LogP contribution in [0.15, 0.2) is 33.7 Å². The zero-order valence-electron chi connectivity index (χ0n) is 13.7. The van der Waals surface area contributed by atoms with Crippen molar-refractivity contribution in [3.05, 3.63) is 34.3 Å². The summed E-state index contributed by atoms with van der Waals surface area (Å²) < 4.78 is 6.70. The van der Waals surface area contributed by atoms with E-state index in [-0.39, 0.29) is 5.41 Å². The summed E-state index contributed by atoms with van der Waals surface area (Å²) in [5, 5.41) is 6.84. The van der Waals surface area contributed by atoms with E-state index in [1.165, 1.54) is 5.56 Å². The fourth-order valence-electron chi connectivity index (χ4n) is 2.85. The predicted molar refractivity (Wildman–Crippen MR) is 95.5 cm³/mol. The molecule has 122 valence electrons. The third-order valence-electron chi connectivity index (χ3n) is 4.15. The molecule has 22 heavy (non-hydrogen) atoms. The molecule has 0 spiro atoms. The average Bonchev–Trinajstić information content (AvgIpc) is 2.52. The molecule has 1 aliphatic heterocycles. The number of hydrogen-bond donors (Lipinski definition) is 2. The van der Waals surface area contributed by atoms with Crippen LogP contribution in [0, 0.1) is 0 Å². The van der Waals surface area contributed by atoms with E-state index in [4.69, 9.17) is 4.74 Å². The SMILES string of the molecule is CN=C(NCC1(c2ccc(Br)cc2)CCOCC1)NC(C)C. The van der Waals surface area contributed by atoms with Crippen molar-refractivity contribution >= 4 is 21.9 Å². The number of halogens is 1. The third kappa shape index (κ3) is 4.46. The Labute approximate surface area is 141 Å². The minimum atomic E-state index is 0.105. The average molecular weight is 368 g/mol. The van der Waals surface area contributed by atoms with Crippen molar-refractivity contribution in [2.75, 3.05) is 26.8 Å². The fraction of sp³-hybridized carbons (Fsp3) is 0.588. The Hall–Kier alpha value is -1.07. The maximum absolute atomic E-state index is 5.58. The lowest BCUT2D eigenvalue weighted by atomic mass is 9.74. The molecule has 0 radical (unpaired) electrons. The van der Waals surface area contributed by atoms with Crippen molar-refractivity contribution in [1.29, 1.82) is 0 Å². The molecule has 0 aliphatic carbocycles. The molecule has 0 saturated carbocycles. The molecule has 1 fully saturated rings. The third-order valence-corrected chi connectivity index (χ3v) is 4.68. The Morgan fingerprint density at radius 3 is 2.45 bits per heavy atom. The van der Waals surface area contributed by atoms with Gasteiger partial charge in [-0.25, -0.2) is 0 Å². The largest absolute Gasteiger partial charge is 0.381 e. The van der Waals surface area contributed by atoms with Gasteiger partial charge in [0.05, 0.1) is 0 Å². The minimum absolute atomic E-state index is 0.105. The van der Waals surface area contributed by atoms with Crippen LogP contribution in [-0.2, 0) is 10.2 Å². The number of ether oxygens (including phenoxy) is 1. The van der Waals surface area contributed by atoms with Crippen LogP contribution in [0.2, 0.25) is 0 Å². The molecule has 0 amide bonds. The summed E-state index contributed by atoms with van der Waals surface area (Å²) in [5.74, 6) is 0.859. The lowest BCUT2D eigenvalue weighted by molar-refractivity contribution is 0.0513. The van der Waals surface area contributed by atoms with Gasteiger partial charge in [0, 0.05) is 42.7 Å².